The van der Waals surface area contributed by atoms with E-state index in [1.165, 1.54) is 41.8 Å². The number of thiocarbonyl (C=S) groups is 1. The second-order valence-electron chi connectivity index (χ2n) is 8.31. The lowest BCUT2D eigenvalue weighted by molar-refractivity contribution is -0.124. The molecule has 0 radical (unpaired) electrons. The van der Waals surface area contributed by atoms with Crippen molar-refractivity contribution in [3.63, 3.8) is 0 Å². The first-order valence-corrected chi connectivity index (χ1v) is 12.4. The number of rotatable bonds is 5. The molecule has 5 rings (SSSR count). The van der Waals surface area contributed by atoms with E-state index in [1.807, 2.05) is 47.4 Å². The number of nitrogens with zero attached hydrogens (tertiary/aromatic N) is 1. The summed E-state index contributed by atoms with van der Waals surface area (Å²) in [6, 6.07) is 22.7. The minimum atomic E-state index is 0.0377. The molecule has 0 spiro atoms. The first-order valence-electron chi connectivity index (χ1n) is 11.2. The number of fused-ring (bicyclic) bond motifs is 1. The smallest absolute Gasteiger partial charge is 0.266 e. The Hall–Kier alpha value is -2.63. The van der Waals surface area contributed by atoms with Crippen LogP contribution in [0.5, 0.6) is 5.75 Å². The first kappa shape index (κ1) is 21.2. The third-order valence-electron chi connectivity index (χ3n) is 6.23. The Labute approximate surface area is 198 Å². The van der Waals surface area contributed by atoms with E-state index in [1.54, 1.807) is 0 Å². The largest absolute Gasteiger partial charge is 0.488 e. The molecule has 0 atom stereocenters. The summed E-state index contributed by atoms with van der Waals surface area (Å²) in [5.74, 6) is 0.805. The monoisotopic (exact) mass is 459 g/mol. The Kier molecular flexibility index (Phi) is 6.28. The number of amides is 1. The summed E-state index contributed by atoms with van der Waals surface area (Å²) in [6.07, 6.45) is 7.62. The highest BCUT2D eigenvalue weighted by Crippen LogP contribution is 2.38. The Balaban J connectivity index is 1.37. The summed E-state index contributed by atoms with van der Waals surface area (Å²) < 4.78 is 6.92. The molecule has 0 aromatic heterocycles. The molecule has 32 heavy (non-hydrogen) atoms. The first-order chi connectivity index (χ1) is 15.7. The standard InChI is InChI=1S/C27H25NO2S2/c29-26-25(32-27(31)28(26)22-13-2-1-3-14-22)17-20-10-5-7-16-24(20)30-18-21-12-8-11-19-9-4-6-15-23(19)21/h4-12,15-17,22H,1-3,13-14,18H2/b25-17+. The fourth-order valence-electron chi connectivity index (χ4n) is 4.58. The highest BCUT2D eigenvalue weighted by atomic mass is 32.2. The predicted octanol–water partition coefficient (Wildman–Crippen LogP) is 6.95. The third-order valence-corrected chi connectivity index (χ3v) is 7.56. The zero-order valence-electron chi connectivity index (χ0n) is 17.8. The van der Waals surface area contributed by atoms with Crippen molar-refractivity contribution in [1.82, 2.24) is 4.90 Å². The van der Waals surface area contributed by atoms with Crippen molar-refractivity contribution in [3.05, 3.63) is 82.8 Å². The lowest BCUT2D eigenvalue weighted by Gasteiger charge is -2.29. The van der Waals surface area contributed by atoms with E-state index in [2.05, 4.69) is 30.3 Å². The molecule has 0 bridgehead atoms. The second kappa shape index (κ2) is 9.47. The summed E-state index contributed by atoms with van der Waals surface area (Å²) in [5.41, 5.74) is 2.04. The molecule has 1 aliphatic heterocycles. The average Bonchev–Trinajstić information content (AvgIpc) is 3.11. The van der Waals surface area contributed by atoms with E-state index in [9.17, 15) is 4.79 Å². The maximum absolute atomic E-state index is 13.2. The summed E-state index contributed by atoms with van der Waals surface area (Å²) >= 11 is 6.99. The SMILES string of the molecule is O=C1/C(=C\c2ccccc2OCc2cccc3ccccc23)SC(=S)N1C1CCCCC1. The zero-order valence-corrected chi connectivity index (χ0v) is 19.5. The van der Waals surface area contributed by atoms with Gasteiger partial charge in [0.1, 0.15) is 16.7 Å². The highest BCUT2D eigenvalue weighted by molar-refractivity contribution is 8.26. The lowest BCUT2D eigenvalue weighted by Crippen LogP contribution is -2.39. The predicted molar refractivity (Wildman–Crippen MR) is 137 cm³/mol. The Morgan fingerprint density at radius 1 is 0.969 bits per heavy atom. The Morgan fingerprint density at radius 2 is 1.72 bits per heavy atom. The molecule has 3 aromatic rings. The van der Waals surface area contributed by atoms with Crippen LogP contribution in [0.4, 0.5) is 0 Å². The van der Waals surface area contributed by atoms with Crippen LogP contribution >= 0.6 is 24.0 Å². The van der Waals surface area contributed by atoms with E-state index in [0.29, 0.717) is 15.8 Å². The maximum Gasteiger partial charge on any atom is 0.266 e. The van der Waals surface area contributed by atoms with Crippen LogP contribution in [-0.2, 0) is 11.4 Å². The van der Waals surface area contributed by atoms with Crippen molar-refractivity contribution in [2.75, 3.05) is 0 Å². The molecule has 2 aliphatic rings. The molecule has 1 heterocycles. The Morgan fingerprint density at radius 3 is 2.59 bits per heavy atom. The molecule has 1 saturated heterocycles. The summed E-state index contributed by atoms with van der Waals surface area (Å²) in [7, 11) is 0. The van der Waals surface area contributed by atoms with E-state index < -0.39 is 0 Å². The van der Waals surface area contributed by atoms with Crippen LogP contribution in [0.3, 0.4) is 0 Å². The fourth-order valence-corrected chi connectivity index (χ4v) is 5.97. The van der Waals surface area contributed by atoms with Gasteiger partial charge in [-0.25, -0.2) is 0 Å². The van der Waals surface area contributed by atoms with Gasteiger partial charge in [0.05, 0.1) is 4.91 Å². The van der Waals surface area contributed by atoms with Crippen molar-refractivity contribution < 1.29 is 9.53 Å². The van der Waals surface area contributed by atoms with Crippen LogP contribution < -0.4 is 4.74 Å². The van der Waals surface area contributed by atoms with Crippen LogP contribution in [0.25, 0.3) is 16.8 Å². The zero-order chi connectivity index (χ0) is 21.9. The van der Waals surface area contributed by atoms with Gasteiger partial charge in [-0.1, -0.05) is 104 Å². The van der Waals surface area contributed by atoms with Crippen molar-refractivity contribution in [3.8, 4) is 5.75 Å². The van der Waals surface area contributed by atoms with Crippen molar-refractivity contribution in [1.29, 1.82) is 0 Å². The van der Waals surface area contributed by atoms with Crippen LogP contribution in [0.2, 0.25) is 0 Å². The summed E-state index contributed by atoms with van der Waals surface area (Å²) in [6.45, 7) is 0.468. The number of carbonyl (C=O) groups excluding carboxylic acids is 1. The normalized spacial score (nSPS) is 18.6. The van der Waals surface area contributed by atoms with E-state index in [-0.39, 0.29) is 11.9 Å². The number of carbonyl (C=O) groups is 1. The van der Waals surface area contributed by atoms with Gasteiger partial charge < -0.3 is 4.74 Å². The van der Waals surface area contributed by atoms with Crippen molar-refractivity contribution in [2.45, 2.75) is 44.8 Å². The van der Waals surface area contributed by atoms with Crippen molar-refractivity contribution in [2.24, 2.45) is 0 Å². The minimum Gasteiger partial charge on any atom is -0.488 e. The molecule has 1 amide bonds. The van der Waals surface area contributed by atoms with Gasteiger partial charge in [-0.3, -0.25) is 9.69 Å². The van der Waals surface area contributed by atoms with Gasteiger partial charge in [0.15, 0.2) is 0 Å². The number of benzene rings is 3. The molecule has 5 heteroatoms. The number of hydrogen-bond donors (Lipinski definition) is 0. The summed E-state index contributed by atoms with van der Waals surface area (Å²) in [4.78, 5) is 15.7. The number of hydrogen-bond acceptors (Lipinski definition) is 4. The molecule has 162 valence electrons. The molecule has 3 nitrogen and oxygen atoms in total. The molecule has 1 aliphatic carbocycles. The number of thioether (sulfide) groups is 1. The average molecular weight is 460 g/mol. The molecule has 0 unspecified atom stereocenters. The van der Waals surface area contributed by atoms with Crippen molar-refractivity contribution >= 4 is 51.1 Å². The van der Waals surface area contributed by atoms with E-state index in [0.717, 1.165) is 29.7 Å². The van der Waals surface area contributed by atoms with Gasteiger partial charge in [-0.2, -0.15) is 0 Å². The molecule has 0 N–H and O–H groups in total. The second-order valence-corrected chi connectivity index (χ2v) is 9.98. The third kappa shape index (κ3) is 4.32. The van der Waals surface area contributed by atoms with Crippen LogP contribution in [0, 0.1) is 0 Å². The van der Waals surface area contributed by atoms with Gasteiger partial charge in [0.2, 0.25) is 0 Å². The minimum absolute atomic E-state index is 0.0377. The number of ether oxygens (including phenoxy) is 1. The van der Waals surface area contributed by atoms with E-state index >= 15 is 0 Å². The van der Waals surface area contributed by atoms with E-state index in [4.69, 9.17) is 17.0 Å². The quantitative estimate of drug-likeness (QED) is 0.305. The fraction of sp³-hybridized carbons (Fsp3) is 0.259. The van der Waals surface area contributed by atoms with Gasteiger partial charge in [0.25, 0.3) is 5.91 Å². The topological polar surface area (TPSA) is 29.5 Å². The molecule has 1 saturated carbocycles. The molecule has 2 fully saturated rings. The van der Waals surface area contributed by atoms with Gasteiger partial charge in [0, 0.05) is 11.6 Å². The van der Waals surface area contributed by atoms with Crippen LogP contribution in [-0.4, -0.2) is 21.2 Å². The van der Waals surface area contributed by atoms with Gasteiger partial charge in [-0.15, -0.1) is 0 Å². The maximum atomic E-state index is 13.2. The van der Waals surface area contributed by atoms with Gasteiger partial charge >= 0.3 is 0 Å². The number of para-hydroxylation sites is 1. The van der Waals surface area contributed by atoms with Crippen LogP contribution in [0.15, 0.2) is 71.6 Å². The molecular formula is C27H25NO2S2. The van der Waals surface area contributed by atoms with Gasteiger partial charge in [-0.05, 0) is 41.3 Å². The lowest BCUT2D eigenvalue weighted by atomic mass is 9.94. The molecular weight excluding hydrogens is 434 g/mol. The molecule has 3 aromatic carbocycles. The summed E-state index contributed by atoms with van der Waals surface area (Å²) in [5, 5.41) is 2.40. The van der Waals surface area contributed by atoms with Crippen LogP contribution in [0.1, 0.15) is 43.2 Å². The highest BCUT2D eigenvalue weighted by Gasteiger charge is 2.37. The Bertz CT molecular complexity index is 1190.